The molecule has 1 unspecified atom stereocenters. The number of benzene rings is 1. The highest BCUT2D eigenvalue weighted by Gasteiger charge is 2.37. The zero-order valence-electron chi connectivity index (χ0n) is 12.4. The topological polar surface area (TPSA) is 35.5 Å². The second-order valence-electron chi connectivity index (χ2n) is 5.04. The fraction of sp³-hybridized carbons (Fsp3) is 0.562. The number of ketones is 1. The second-order valence-corrected chi connectivity index (χ2v) is 6.64. The van der Waals surface area contributed by atoms with Gasteiger partial charge in [-0.05, 0) is 57.6 Å². The summed E-state index contributed by atoms with van der Waals surface area (Å²) in [4.78, 5) is 12.7. The Morgan fingerprint density at radius 3 is 2.55 bits per heavy atom. The predicted octanol–water partition coefficient (Wildman–Crippen LogP) is 3.95. The van der Waals surface area contributed by atoms with E-state index in [1.807, 2.05) is 39.0 Å². The Labute approximate surface area is 125 Å². The lowest BCUT2D eigenvalue weighted by Crippen LogP contribution is -2.28. The van der Waals surface area contributed by atoms with Crippen LogP contribution in [0.15, 0.2) is 18.2 Å². The molecule has 0 amide bonds. The van der Waals surface area contributed by atoms with Gasteiger partial charge in [-0.3, -0.25) is 4.79 Å². The van der Waals surface area contributed by atoms with Crippen LogP contribution in [0.5, 0.6) is 11.5 Å². The molecule has 1 aliphatic rings. The molecule has 0 radical (unpaired) electrons. The number of Topliss-reactive ketones (excluding diaryl/α,β-unsaturated/α-hetero) is 1. The fourth-order valence-corrected chi connectivity index (χ4v) is 3.73. The first-order valence-corrected chi connectivity index (χ1v) is 8.17. The molecule has 0 aliphatic carbocycles. The minimum Gasteiger partial charge on any atom is -0.490 e. The molecule has 0 aromatic heterocycles. The van der Waals surface area contributed by atoms with Crippen LogP contribution in [-0.4, -0.2) is 29.5 Å². The summed E-state index contributed by atoms with van der Waals surface area (Å²) in [6, 6.07) is 5.51. The third-order valence-corrected chi connectivity index (χ3v) is 5.02. The van der Waals surface area contributed by atoms with Gasteiger partial charge in [-0.1, -0.05) is 0 Å². The third-order valence-electron chi connectivity index (χ3n) is 3.50. The van der Waals surface area contributed by atoms with Gasteiger partial charge in [0.25, 0.3) is 0 Å². The highest BCUT2D eigenvalue weighted by Crippen LogP contribution is 2.41. The van der Waals surface area contributed by atoms with Crippen molar-refractivity contribution in [1.82, 2.24) is 0 Å². The zero-order chi connectivity index (χ0) is 14.6. The predicted molar refractivity (Wildman–Crippen MR) is 83.2 cm³/mol. The van der Waals surface area contributed by atoms with Crippen molar-refractivity contribution in [2.24, 2.45) is 0 Å². The Hall–Kier alpha value is -1.16. The first-order chi connectivity index (χ1) is 9.60. The first-order valence-electron chi connectivity index (χ1n) is 7.19. The van der Waals surface area contributed by atoms with Crippen LogP contribution in [-0.2, 0) is 0 Å². The van der Waals surface area contributed by atoms with Crippen molar-refractivity contribution < 1.29 is 14.3 Å². The normalized spacial score (nSPS) is 21.8. The summed E-state index contributed by atoms with van der Waals surface area (Å²) < 4.78 is 10.8. The summed E-state index contributed by atoms with van der Waals surface area (Å²) in [7, 11) is 0. The summed E-state index contributed by atoms with van der Waals surface area (Å²) in [5.41, 5.74) is 0.716. The number of hydrogen-bond donors (Lipinski definition) is 0. The van der Waals surface area contributed by atoms with E-state index in [4.69, 9.17) is 9.47 Å². The van der Waals surface area contributed by atoms with Gasteiger partial charge < -0.3 is 9.47 Å². The van der Waals surface area contributed by atoms with E-state index >= 15 is 0 Å². The van der Waals surface area contributed by atoms with Crippen molar-refractivity contribution in [2.75, 3.05) is 19.0 Å². The zero-order valence-corrected chi connectivity index (χ0v) is 13.2. The Morgan fingerprint density at radius 1 is 1.25 bits per heavy atom. The van der Waals surface area contributed by atoms with Crippen molar-refractivity contribution in [1.29, 1.82) is 0 Å². The molecule has 0 saturated carbocycles. The maximum absolute atomic E-state index is 12.7. The maximum atomic E-state index is 12.7. The number of carbonyl (C=O) groups is 1. The molecule has 0 spiro atoms. The van der Waals surface area contributed by atoms with E-state index in [0.29, 0.717) is 30.3 Å². The van der Waals surface area contributed by atoms with Gasteiger partial charge >= 0.3 is 0 Å². The van der Waals surface area contributed by atoms with Crippen molar-refractivity contribution in [3.05, 3.63) is 23.8 Å². The average Bonchev–Trinajstić information content (AvgIpc) is 2.89. The summed E-state index contributed by atoms with van der Waals surface area (Å²) in [6.07, 6.45) is 2.07. The van der Waals surface area contributed by atoms with Crippen molar-refractivity contribution in [3.8, 4) is 11.5 Å². The van der Waals surface area contributed by atoms with Gasteiger partial charge in [0.1, 0.15) is 0 Å². The molecule has 0 bridgehead atoms. The molecule has 1 aromatic rings. The minimum atomic E-state index is -0.281. The monoisotopic (exact) mass is 294 g/mol. The molecule has 3 nitrogen and oxygen atoms in total. The van der Waals surface area contributed by atoms with Crippen LogP contribution < -0.4 is 9.47 Å². The van der Waals surface area contributed by atoms with Gasteiger partial charge in [-0.15, -0.1) is 11.8 Å². The summed E-state index contributed by atoms with van der Waals surface area (Å²) in [5, 5.41) is 0. The van der Waals surface area contributed by atoms with Crippen LogP contribution in [0.25, 0.3) is 0 Å². The smallest absolute Gasteiger partial charge is 0.178 e. The van der Waals surface area contributed by atoms with Crippen molar-refractivity contribution in [3.63, 3.8) is 0 Å². The highest BCUT2D eigenvalue weighted by molar-refractivity contribution is 8.01. The molecule has 1 aromatic carbocycles. The maximum Gasteiger partial charge on any atom is 0.178 e. The Morgan fingerprint density at radius 2 is 1.95 bits per heavy atom. The second kappa shape index (κ2) is 6.53. The Bertz CT molecular complexity index is 479. The standard InChI is InChI=1S/C16H22O3S/c1-4-18-13-8-7-12(11-14(13)19-5-2)15(17)16(3)9-6-10-20-16/h7-8,11H,4-6,9-10H2,1-3H3. The first kappa shape index (κ1) is 15.2. The lowest BCUT2D eigenvalue weighted by molar-refractivity contribution is 0.0948. The van der Waals surface area contributed by atoms with E-state index in [1.54, 1.807) is 11.8 Å². The number of carbonyl (C=O) groups excluding carboxylic acids is 1. The van der Waals surface area contributed by atoms with Crippen LogP contribution in [0, 0.1) is 0 Å². The number of ether oxygens (including phenoxy) is 2. The third kappa shape index (κ3) is 3.11. The Kier molecular flexibility index (Phi) is 4.97. The number of rotatable bonds is 6. The van der Waals surface area contributed by atoms with Crippen LogP contribution in [0.4, 0.5) is 0 Å². The van der Waals surface area contributed by atoms with Gasteiger partial charge in [0.15, 0.2) is 17.3 Å². The molecule has 4 heteroatoms. The largest absolute Gasteiger partial charge is 0.490 e. The summed E-state index contributed by atoms with van der Waals surface area (Å²) >= 11 is 1.76. The minimum absolute atomic E-state index is 0.198. The molecule has 110 valence electrons. The van der Waals surface area contributed by atoms with Crippen LogP contribution >= 0.6 is 11.8 Å². The van der Waals surface area contributed by atoms with Crippen LogP contribution in [0.2, 0.25) is 0 Å². The fourth-order valence-electron chi connectivity index (χ4n) is 2.46. The molecule has 2 rings (SSSR count). The highest BCUT2D eigenvalue weighted by atomic mass is 32.2. The van der Waals surface area contributed by atoms with Crippen molar-refractivity contribution in [2.45, 2.75) is 38.4 Å². The van der Waals surface area contributed by atoms with Crippen LogP contribution in [0.1, 0.15) is 44.0 Å². The van der Waals surface area contributed by atoms with E-state index in [2.05, 4.69) is 0 Å². The molecular formula is C16H22O3S. The van der Waals surface area contributed by atoms with Gasteiger partial charge in [0.05, 0.1) is 18.0 Å². The van der Waals surface area contributed by atoms with Gasteiger partial charge in [-0.2, -0.15) is 0 Å². The van der Waals surface area contributed by atoms with Gasteiger partial charge in [0, 0.05) is 5.56 Å². The Balaban J connectivity index is 2.28. The molecule has 1 atom stereocenters. The van der Waals surface area contributed by atoms with Gasteiger partial charge in [-0.25, -0.2) is 0 Å². The lowest BCUT2D eigenvalue weighted by atomic mass is 9.94. The molecule has 20 heavy (non-hydrogen) atoms. The summed E-state index contributed by atoms with van der Waals surface area (Å²) in [5.74, 6) is 2.63. The SMILES string of the molecule is CCOc1ccc(C(=O)C2(C)CCCS2)cc1OCC. The quantitative estimate of drug-likeness (QED) is 0.744. The van der Waals surface area contributed by atoms with E-state index in [1.165, 1.54) is 0 Å². The van der Waals surface area contributed by atoms with E-state index < -0.39 is 0 Å². The van der Waals surface area contributed by atoms with E-state index in [-0.39, 0.29) is 10.5 Å². The molecule has 1 saturated heterocycles. The number of hydrogen-bond acceptors (Lipinski definition) is 4. The molecular weight excluding hydrogens is 272 g/mol. The van der Waals surface area contributed by atoms with E-state index in [9.17, 15) is 4.79 Å². The lowest BCUT2D eigenvalue weighted by Gasteiger charge is -2.21. The van der Waals surface area contributed by atoms with E-state index in [0.717, 1.165) is 18.6 Å². The average molecular weight is 294 g/mol. The van der Waals surface area contributed by atoms with Crippen molar-refractivity contribution >= 4 is 17.5 Å². The molecule has 1 aliphatic heterocycles. The molecule has 0 N–H and O–H groups in total. The molecule has 1 heterocycles. The molecule has 1 fully saturated rings. The number of thioether (sulfide) groups is 1. The van der Waals surface area contributed by atoms with Crippen LogP contribution in [0.3, 0.4) is 0 Å². The van der Waals surface area contributed by atoms with Gasteiger partial charge in [0.2, 0.25) is 0 Å². The summed E-state index contributed by atoms with van der Waals surface area (Å²) in [6.45, 7) is 7.05.